The predicted octanol–water partition coefficient (Wildman–Crippen LogP) is -0.430. The van der Waals surface area contributed by atoms with Crippen molar-refractivity contribution in [2.24, 2.45) is 0 Å². The van der Waals surface area contributed by atoms with E-state index >= 15 is 0 Å². The normalized spacial score (nSPS) is 22.6. The Bertz CT molecular complexity index is 645. The molecular formula is C12H15N3O4S. The number of aliphatic hydroxyl groups is 1. The van der Waals surface area contributed by atoms with E-state index < -0.39 is 15.6 Å². The van der Waals surface area contributed by atoms with Crippen LogP contribution in [0.25, 0.3) is 0 Å². The van der Waals surface area contributed by atoms with Gasteiger partial charge < -0.3 is 15.6 Å². The van der Waals surface area contributed by atoms with Crippen LogP contribution in [0.3, 0.4) is 0 Å². The quantitative estimate of drug-likeness (QED) is 0.647. The van der Waals surface area contributed by atoms with Gasteiger partial charge in [0.15, 0.2) is 0 Å². The summed E-state index contributed by atoms with van der Waals surface area (Å²) in [6, 6.07) is 5.76. The molecular weight excluding hydrogens is 282 g/mol. The van der Waals surface area contributed by atoms with Crippen LogP contribution < -0.4 is 10.5 Å². The lowest BCUT2D eigenvalue weighted by Gasteiger charge is -2.20. The van der Waals surface area contributed by atoms with Crippen LogP contribution >= 0.6 is 0 Å². The fourth-order valence-corrected chi connectivity index (χ4v) is 3.17. The monoisotopic (exact) mass is 297 g/mol. The van der Waals surface area contributed by atoms with Gasteiger partial charge in [0, 0.05) is 25.3 Å². The summed E-state index contributed by atoms with van der Waals surface area (Å²) in [6.45, 7) is 0.316. The first kappa shape index (κ1) is 14.7. The van der Waals surface area contributed by atoms with Crippen LogP contribution in [-0.2, 0) is 14.8 Å². The number of nitriles is 1. The molecule has 1 heterocycles. The summed E-state index contributed by atoms with van der Waals surface area (Å²) >= 11 is 0. The van der Waals surface area contributed by atoms with E-state index in [4.69, 9.17) is 15.7 Å². The molecule has 0 radical (unpaired) electrons. The Balaban J connectivity index is 2.21. The van der Waals surface area contributed by atoms with E-state index in [1.54, 1.807) is 6.07 Å². The minimum absolute atomic E-state index is 0.0350. The molecule has 1 atom stereocenters. The number of ether oxygens (including phenoxy) is 1. The van der Waals surface area contributed by atoms with Crippen molar-refractivity contribution in [3.8, 4) is 6.07 Å². The maximum atomic E-state index is 12.2. The number of nitrogens with two attached hydrogens (primary N) is 1. The average molecular weight is 297 g/mol. The molecule has 20 heavy (non-hydrogen) atoms. The van der Waals surface area contributed by atoms with Crippen molar-refractivity contribution in [2.75, 3.05) is 25.5 Å². The second-order valence-corrected chi connectivity index (χ2v) is 6.45. The SMILES string of the molecule is N#Cc1cc(N)ccc1S(=O)(=O)NCC1(O)CCOC1. The van der Waals surface area contributed by atoms with Crippen molar-refractivity contribution in [1.29, 1.82) is 5.26 Å². The standard InChI is InChI=1S/C12H15N3O4S/c13-6-9-5-10(14)1-2-11(9)20(17,18)15-7-12(16)3-4-19-8-12/h1-2,5,15-16H,3-4,7-8,14H2. The molecule has 1 unspecified atom stereocenters. The summed E-state index contributed by atoms with van der Waals surface area (Å²) < 4.78 is 31.7. The molecule has 0 aromatic heterocycles. The number of nitrogens with one attached hydrogen (secondary N) is 1. The topological polar surface area (TPSA) is 125 Å². The molecule has 0 amide bonds. The number of nitrogen functional groups attached to an aromatic ring is 1. The van der Waals surface area contributed by atoms with E-state index in [2.05, 4.69) is 4.72 Å². The van der Waals surface area contributed by atoms with Gasteiger partial charge in [-0.1, -0.05) is 0 Å². The molecule has 1 aliphatic heterocycles. The molecule has 1 aliphatic rings. The molecule has 0 saturated carbocycles. The van der Waals surface area contributed by atoms with Crippen LogP contribution in [0, 0.1) is 11.3 Å². The van der Waals surface area contributed by atoms with E-state index in [0.717, 1.165) is 0 Å². The lowest BCUT2D eigenvalue weighted by atomic mass is 10.1. The first-order valence-corrected chi connectivity index (χ1v) is 7.44. The van der Waals surface area contributed by atoms with Gasteiger partial charge in [0.1, 0.15) is 11.7 Å². The zero-order chi connectivity index (χ0) is 14.8. The molecule has 1 aromatic rings. The van der Waals surface area contributed by atoms with Crippen LogP contribution in [0.1, 0.15) is 12.0 Å². The average Bonchev–Trinajstić information content (AvgIpc) is 2.84. The summed E-state index contributed by atoms with van der Waals surface area (Å²) in [4.78, 5) is -0.156. The number of sulfonamides is 1. The Kier molecular flexibility index (Phi) is 3.96. The number of anilines is 1. The van der Waals surface area contributed by atoms with Gasteiger partial charge in [-0.3, -0.25) is 0 Å². The van der Waals surface area contributed by atoms with E-state index in [-0.39, 0.29) is 23.6 Å². The van der Waals surface area contributed by atoms with Gasteiger partial charge in [-0.25, -0.2) is 13.1 Å². The molecule has 4 N–H and O–H groups in total. The van der Waals surface area contributed by atoms with Gasteiger partial charge in [-0.15, -0.1) is 0 Å². The highest BCUT2D eigenvalue weighted by Crippen LogP contribution is 2.21. The highest BCUT2D eigenvalue weighted by atomic mass is 32.2. The minimum atomic E-state index is -3.89. The third-order valence-corrected chi connectivity index (χ3v) is 4.55. The molecule has 0 aliphatic carbocycles. The summed E-state index contributed by atoms with van der Waals surface area (Å²) in [5, 5.41) is 19.0. The van der Waals surface area contributed by atoms with Gasteiger partial charge in [0.25, 0.3) is 0 Å². The Morgan fingerprint density at radius 2 is 2.30 bits per heavy atom. The van der Waals surface area contributed by atoms with Crippen molar-refractivity contribution < 1.29 is 18.3 Å². The molecule has 7 nitrogen and oxygen atoms in total. The number of hydrogen-bond acceptors (Lipinski definition) is 6. The largest absolute Gasteiger partial charge is 0.399 e. The van der Waals surface area contributed by atoms with Crippen molar-refractivity contribution in [1.82, 2.24) is 4.72 Å². The maximum Gasteiger partial charge on any atom is 0.241 e. The summed E-state index contributed by atoms with van der Waals surface area (Å²) in [5.41, 5.74) is 4.59. The Morgan fingerprint density at radius 1 is 1.55 bits per heavy atom. The number of benzene rings is 1. The fourth-order valence-electron chi connectivity index (χ4n) is 1.91. The maximum absolute atomic E-state index is 12.2. The van der Waals surface area contributed by atoms with Crippen LogP contribution in [0.4, 0.5) is 5.69 Å². The summed E-state index contributed by atoms with van der Waals surface area (Å²) in [7, 11) is -3.89. The van der Waals surface area contributed by atoms with Gasteiger partial charge in [-0.2, -0.15) is 5.26 Å². The predicted molar refractivity (Wildman–Crippen MR) is 71.1 cm³/mol. The first-order valence-electron chi connectivity index (χ1n) is 5.96. The zero-order valence-corrected chi connectivity index (χ0v) is 11.5. The summed E-state index contributed by atoms with van der Waals surface area (Å²) in [5.74, 6) is 0. The second-order valence-electron chi connectivity index (χ2n) is 4.72. The highest BCUT2D eigenvalue weighted by molar-refractivity contribution is 7.89. The Hall–Kier alpha value is -1.66. The molecule has 108 valence electrons. The molecule has 0 bridgehead atoms. The van der Waals surface area contributed by atoms with Crippen LogP contribution in [0.2, 0.25) is 0 Å². The van der Waals surface area contributed by atoms with Crippen molar-refractivity contribution in [3.63, 3.8) is 0 Å². The van der Waals surface area contributed by atoms with Gasteiger partial charge >= 0.3 is 0 Å². The smallest absolute Gasteiger partial charge is 0.241 e. The molecule has 1 aromatic carbocycles. The molecule has 8 heteroatoms. The molecule has 1 saturated heterocycles. The molecule has 2 rings (SSSR count). The van der Waals surface area contributed by atoms with Crippen molar-refractivity contribution in [3.05, 3.63) is 23.8 Å². The second kappa shape index (κ2) is 5.38. The molecule has 0 spiro atoms. The van der Waals surface area contributed by atoms with E-state index in [1.807, 2.05) is 0 Å². The van der Waals surface area contributed by atoms with Gasteiger partial charge in [-0.05, 0) is 18.2 Å². The Labute approximate surface area is 117 Å². The van der Waals surface area contributed by atoms with E-state index in [0.29, 0.717) is 18.7 Å². The highest BCUT2D eigenvalue weighted by Gasteiger charge is 2.34. The minimum Gasteiger partial charge on any atom is -0.399 e. The lowest BCUT2D eigenvalue weighted by Crippen LogP contribution is -2.43. The van der Waals surface area contributed by atoms with E-state index in [1.165, 1.54) is 18.2 Å². The Morgan fingerprint density at radius 3 is 2.90 bits per heavy atom. The van der Waals surface area contributed by atoms with Crippen molar-refractivity contribution in [2.45, 2.75) is 16.9 Å². The van der Waals surface area contributed by atoms with Crippen LogP contribution in [0.15, 0.2) is 23.1 Å². The van der Waals surface area contributed by atoms with E-state index in [9.17, 15) is 13.5 Å². The van der Waals surface area contributed by atoms with Crippen LogP contribution in [0.5, 0.6) is 0 Å². The number of nitrogens with zero attached hydrogens (tertiary/aromatic N) is 1. The molecule has 1 fully saturated rings. The first-order chi connectivity index (χ1) is 9.36. The number of hydrogen-bond donors (Lipinski definition) is 3. The fraction of sp³-hybridized carbons (Fsp3) is 0.417. The third kappa shape index (κ3) is 3.08. The van der Waals surface area contributed by atoms with Crippen LogP contribution in [-0.4, -0.2) is 38.9 Å². The van der Waals surface area contributed by atoms with Crippen molar-refractivity contribution >= 4 is 15.7 Å². The van der Waals surface area contributed by atoms with Gasteiger partial charge in [0.2, 0.25) is 10.0 Å². The lowest BCUT2D eigenvalue weighted by molar-refractivity contribution is 0.0314. The zero-order valence-electron chi connectivity index (χ0n) is 10.7. The summed E-state index contributed by atoms with van der Waals surface area (Å²) in [6.07, 6.45) is 0.363. The third-order valence-electron chi connectivity index (χ3n) is 3.09. The van der Waals surface area contributed by atoms with Gasteiger partial charge in [0.05, 0.1) is 17.1 Å². The number of rotatable bonds is 4.